The summed E-state index contributed by atoms with van der Waals surface area (Å²) in [5, 5.41) is 10.3. The SMILES string of the molecule is CC.CN=C(C)/C(=C\N)c1ccc(N2CCc3cccc(I=O)c3C2)nc1C(=O)O.Nc1nc2ccccc2s1. The molecule has 0 atom stereocenters. The van der Waals surface area contributed by atoms with Crippen molar-refractivity contribution in [1.29, 1.82) is 0 Å². The van der Waals surface area contributed by atoms with Crippen LogP contribution < -0.4 is 16.4 Å². The molecular weight excluding hydrogens is 639 g/mol. The number of pyridine rings is 1. The van der Waals surface area contributed by atoms with E-state index in [0.717, 1.165) is 25.8 Å². The molecule has 5 N–H and O–H groups in total. The summed E-state index contributed by atoms with van der Waals surface area (Å²) in [5.74, 6) is -0.545. The van der Waals surface area contributed by atoms with Gasteiger partial charge in [0.05, 0.1) is 13.8 Å². The van der Waals surface area contributed by atoms with Gasteiger partial charge in [-0.2, -0.15) is 0 Å². The Morgan fingerprint density at radius 1 is 1.12 bits per heavy atom. The third-order valence-corrected chi connectivity index (χ3v) is 8.55. The normalized spacial score (nSPS) is 13.1. The van der Waals surface area contributed by atoms with E-state index in [4.69, 9.17) is 11.5 Å². The Morgan fingerprint density at radius 2 is 1.88 bits per heavy atom. The molecule has 0 amide bonds. The number of rotatable bonds is 5. The molecule has 40 heavy (non-hydrogen) atoms. The largest absolute Gasteiger partial charge is 0.476 e. The van der Waals surface area contributed by atoms with Gasteiger partial charge in [-0.05, 0) is 54.8 Å². The van der Waals surface area contributed by atoms with Crippen LogP contribution in [0.1, 0.15) is 48.0 Å². The fourth-order valence-corrected chi connectivity index (χ4v) is 6.10. The van der Waals surface area contributed by atoms with Crippen LogP contribution in [0.25, 0.3) is 15.8 Å². The smallest absolute Gasteiger partial charge is 0.355 e. The van der Waals surface area contributed by atoms with Crippen LogP contribution in [0.15, 0.2) is 65.8 Å². The van der Waals surface area contributed by atoms with E-state index in [2.05, 4.69) is 21.0 Å². The Hall–Kier alpha value is -3.71. The third-order valence-electron chi connectivity index (χ3n) is 6.20. The van der Waals surface area contributed by atoms with E-state index in [-0.39, 0.29) is 5.69 Å². The Bertz CT molecular complexity index is 1530. The minimum absolute atomic E-state index is 0.0625. The van der Waals surface area contributed by atoms with E-state index in [1.807, 2.05) is 55.1 Å². The number of hydrogen-bond donors (Lipinski definition) is 3. The van der Waals surface area contributed by atoms with Gasteiger partial charge in [-0.15, -0.1) is 0 Å². The van der Waals surface area contributed by atoms with Crippen LogP contribution in [0.5, 0.6) is 0 Å². The summed E-state index contributed by atoms with van der Waals surface area (Å²) in [5.41, 5.74) is 16.0. The van der Waals surface area contributed by atoms with E-state index in [1.54, 1.807) is 26.1 Å². The van der Waals surface area contributed by atoms with Crippen molar-refractivity contribution in [1.82, 2.24) is 9.97 Å². The number of aromatic carboxylic acids is 1. The summed E-state index contributed by atoms with van der Waals surface area (Å²) >= 11 is 0.253. The second kappa shape index (κ2) is 14.6. The van der Waals surface area contributed by atoms with Gasteiger partial charge in [-0.1, -0.05) is 49.4 Å². The number of carbonyl (C=O) groups is 1. The van der Waals surface area contributed by atoms with Crippen molar-refractivity contribution < 1.29 is 13.0 Å². The lowest BCUT2D eigenvalue weighted by atomic mass is 9.99. The Labute approximate surface area is 248 Å². The van der Waals surface area contributed by atoms with E-state index in [9.17, 15) is 13.0 Å². The number of halogens is 1. The fourth-order valence-electron chi connectivity index (χ4n) is 4.23. The molecule has 0 unspecified atom stereocenters. The lowest BCUT2D eigenvalue weighted by Gasteiger charge is -2.30. The molecule has 0 radical (unpaired) electrons. The van der Waals surface area contributed by atoms with Crippen molar-refractivity contribution in [2.24, 2.45) is 10.7 Å². The summed E-state index contributed by atoms with van der Waals surface area (Å²) < 4.78 is 13.6. The number of aromatic nitrogens is 2. The number of nitrogens with zero attached hydrogens (tertiary/aromatic N) is 4. The molecule has 11 heteroatoms. The highest BCUT2D eigenvalue weighted by Crippen LogP contribution is 2.30. The first-order chi connectivity index (χ1) is 19.4. The number of anilines is 2. The van der Waals surface area contributed by atoms with Crippen molar-refractivity contribution in [3.63, 3.8) is 0 Å². The summed E-state index contributed by atoms with van der Waals surface area (Å²) in [6, 6.07) is 17.3. The molecule has 2 aromatic carbocycles. The Morgan fingerprint density at radius 3 is 2.52 bits per heavy atom. The van der Waals surface area contributed by atoms with Crippen molar-refractivity contribution in [2.75, 3.05) is 24.2 Å². The van der Waals surface area contributed by atoms with E-state index >= 15 is 0 Å². The molecule has 3 heterocycles. The Balaban J connectivity index is 0.000000304. The van der Waals surface area contributed by atoms with Crippen LogP contribution in [-0.2, 0) is 16.0 Å². The summed E-state index contributed by atoms with van der Waals surface area (Å²) in [7, 11) is 1.63. The molecular formula is C29H33IN6O3S. The van der Waals surface area contributed by atoms with Crippen LogP contribution in [0.3, 0.4) is 0 Å². The molecule has 0 bridgehead atoms. The lowest BCUT2D eigenvalue weighted by molar-refractivity contribution is 0.0690. The number of nitrogens with two attached hydrogens (primary N) is 2. The number of thiazole rings is 1. The van der Waals surface area contributed by atoms with Crippen LogP contribution in [0.4, 0.5) is 10.9 Å². The van der Waals surface area contributed by atoms with Gasteiger partial charge in [0.15, 0.2) is 32.0 Å². The second-order valence-corrected chi connectivity index (χ2v) is 11.1. The fraction of sp³-hybridized carbons (Fsp3) is 0.241. The van der Waals surface area contributed by atoms with Gasteiger partial charge in [-0.25, -0.2) is 14.8 Å². The average Bonchev–Trinajstić information content (AvgIpc) is 3.38. The first-order valence-corrected chi connectivity index (χ1v) is 15.5. The molecule has 0 aliphatic carbocycles. The van der Waals surface area contributed by atoms with E-state index in [1.165, 1.54) is 23.1 Å². The number of para-hydroxylation sites is 1. The maximum absolute atomic E-state index is 11.9. The second-order valence-electron chi connectivity index (χ2n) is 8.41. The van der Waals surface area contributed by atoms with Crippen LogP contribution >= 0.6 is 32.5 Å². The van der Waals surface area contributed by atoms with Crippen molar-refractivity contribution in [3.8, 4) is 0 Å². The number of hydrogen-bond acceptors (Lipinski definition) is 9. The summed E-state index contributed by atoms with van der Waals surface area (Å²) in [6.45, 7) is 7.05. The predicted molar refractivity (Wildman–Crippen MR) is 172 cm³/mol. The number of nitrogen functional groups attached to an aromatic ring is 1. The number of fused-ring (bicyclic) bond motifs is 2. The highest BCUT2D eigenvalue weighted by molar-refractivity contribution is 14.1. The topological polar surface area (TPSA) is 148 Å². The van der Waals surface area contributed by atoms with Gasteiger partial charge in [0.2, 0.25) is 0 Å². The molecule has 4 aromatic rings. The molecule has 210 valence electrons. The maximum atomic E-state index is 11.9. The molecule has 0 saturated heterocycles. The molecule has 1 aliphatic heterocycles. The minimum Gasteiger partial charge on any atom is -0.476 e. The first kappa shape index (κ1) is 30.8. The van der Waals surface area contributed by atoms with Crippen LogP contribution in [0, 0.1) is 3.57 Å². The monoisotopic (exact) mass is 672 g/mol. The molecule has 1 aliphatic rings. The lowest BCUT2D eigenvalue weighted by Crippen LogP contribution is -2.32. The molecule has 0 spiro atoms. The van der Waals surface area contributed by atoms with E-state index < -0.39 is 27.2 Å². The highest BCUT2D eigenvalue weighted by Gasteiger charge is 2.23. The zero-order valence-electron chi connectivity index (χ0n) is 22.9. The predicted octanol–water partition coefficient (Wildman–Crippen LogP) is 6.12. The standard InChI is InChI=1S/C20H21IN4O3.C7H6N2S.C2H6/c1-12(23-2)15(10-22)14-6-7-18(24-19(14)20(26)27)25-9-8-13-4-3-5-17(21-28)16(13)11-25;8-7-9-5-3-1-2-4-6(5)10-7;1-2/h3-7,10H,8-9,11,22H2,1-2H3,(H,26,27);1-4H,(H2,8,9);1-2H3/b15-10+,23-12?;;. The molecule has 2 aromatic heterocycles. The number of benzene rings is 2. The molecule has 0 saturated carbocycles. The van der Waals surface area contributed by atoms with E-state index in [0.29, 0.717) is 40.9 Å². The van der Waals surface area contributed by atoms with Gasteiger partial charge in [0, 0.05) is 43.2 Å². The molecule has 5 rings (SSSR count). The quantitative estimate of drug-likeness (QED) is 0.170. The van der Waals surface area contributed by atoms with Crippen LogP contribution in [0.2, 0.25) is 0 Å². The van der Waals surface area contributed by atoms with Gasteiger partial charge < -0.3 is 21.5 Å². The third kappa shape index (κ3) is 7.07. The highest BCUT2D eigenvalue weighted by atomic mass is 127. The summed E-state index contributed by atoms with van der Waals surface area (Å²) in [6.07, 6.45) is 2.15. The summed E-state index contributed by atoms with van der Waals surface area (Å²) in [4.78, 5) is 26.5. The number of aliphatic imine (C=N–C) groups is 1. The average molecular weight is 673 g/mol. The zero-order valence-corrected chi connectivity index (χ0v) is 25.9. The zero-order chi connectivity index (χ0) is 29.2. The van der Waals surface area contributed by atoms with Gasteiger partial charge in [0.1, 0.15) is 5.82 Å². The van der Waals surface area contributed by atoms with Gasteiger partial charge >= 0.3 is 5.97 Å². The Kier molecular flexibility index (Phi) is 11.3. The van der Waals surface area contributed by atoms with Crippen molar-refractivity contribution >= 4 is 70.9 Å². The minimum atomic E-state index is -1.27. The van der Waals surface area contributed by atoms with Gasteiger partial charge in [0.25, 0.3) is 0 Å². The van der Waals surface area contributed by atoms with Crippen molar-refractivity contribution in [2.45, 2.75) is 33.7 Å². The first-order valence-electron chi connectivity index (χ1n) is 12.7. The van der Waals surface area contributed by atoms with Gasteiger partial charge in [-0.3, -0.25) is 8.06 Å². The number of allylic oxidation sites excluding steroid dienone is 1. The number of carboxylic acids is 1. The molecule has 0 fully saturated rings. The maximum Gasteiger partial charge on any atom is 0.355 e. The van der Waals surface area contributed by atoms with Crippen molar-refractivity contribution in [3.05, 3.63) is 86.8 Å². The number of carboxylic acid groups (broad SMARTS) is 1. The van der Waals surface area contributed by atoms with Crippen LogP contribution in [-0.4, -0.2) is 40.3 Å². The molecule has 9 nitrogen and oxygen atoms in total.